The largest absolute Gasteiger partial charge is 0.360 e. The number of nitriles is 1. The van der Waals surface area contributed by atoms with E-state index in [1.807, 2.05) is 6.07 Å². The highest BCUT2D eigenvalue weighted by atomic mass is 16.6. The molecule has 0 bridgehead atoms. The SMILES string of the molecule is CC(Cc1ccc(NC=C(C#N)c2nn[nH]n2)cc1)[N+](=O)[O-]. The van der Waals surface area contributed by atoms with Gasteiger partial charge in [0.1, 0.15) is 11.6 Å². The lowest BCUT2D eigenvalue weighted by atomic mass is 10.1. The Bertz CT molecular complexity index is 701. The van der Waals surface area contributed by atoms with Gasteiger partial charge in [-0.05, 0) is 22.9 Å². The maximum atomic E-state index is 10.6. The number of tetrazole rings is 1. The number of hydrogen-bond donors (Lipinski definition) is 2. The number of H-pyrrole nitrogens is 1. The molecule has 0 saturated carbocycles. The summed E-state index contributed by atoms with van der Waals surface area (Å²) in [4.78, 5) is 10.3. The van der Waals surface area contributed by atoms with Crippen LogP contribution in [0.3, 0.4) is 0 Å². The molecule has 112 valence electrons. The van der Waals surface area contributed by atoms with Gasteiger partial charge in [-0.2, -0.15) is 10.5 Å². The summed E-state index contributed by atoms with van der Waals surface area (Å²) in [6.07, 6.45) is 1.84. The van der Waals surface area contributed by atoms with Crippen LogP contribution in [-0.4, -0.2) is 31.6 Å². The third kappa shape index (κ3) is 3.86. The Balaban J connectivity index is 2.02. The third-order valence-electron chi connectivity index (χ3n) is 2.93. The number of nitrogens with zero attached hydrogens (tertiary/aromatic N) is 5. The summed E-state index contributed by atoms with van der Waals surface area (Å²) < 4.78 is 0. The monoisotopic (exact) mass is 299 g/mol. The summed E-state index contributed by atoms with van der Waals surface area (Å²) in [5.74, 6) is 0.200. The van der Waals surface area contributed by atoms with E-state index in [2.05, 4.69) is 25.9 Å². The summed E-state index contributed by atoms with van der Waals surface area (Å²) >= 11 is 0. The normalized spacial score (nSPS) is 12.5. The first-order valence-electron chi connectivity index (χ1n) is 6.43. The molecule has 2 N–H and O–H groups in total. The van der Waals surface area contributed by atoms with Crippen molar-refractivity contribution in [3.8, 4) is 6.07 Å². The zero-order chi connectivity index (χ0) is 15.9. The number of hydrogen-bond acceptors (Lipinski definition) is 7. The molecule has 0 spiro atoms. The van der Waals surface area contributed by atoms with Gasteiger partial charge in [0.15, 0.2) is 0 Å². The average Bonchev–Trinajstić information content (AvgIpc) is 3.03. The Kier molecular flexibility index (Phi) is 4.77. The average molecular weight is 299 g/mol. The molecule has 0 amide bonds. The van der Waals surface area contributed by atoms with Crippen LogP contribution in [0, 0.1) is 21.4 Å². The van der Waals surface area contributed by atoms with Gasteiger partial charge < -0.3 is 5.32 Å². The second-order valence-corrected chi connectivity index (χ2v) is 4.58. The van der Waals surface area contributed by atoms with Crippen molar-refractivity contribution >= 4 is 11.3 Å². The Labute approximate surface area is 125 Å². The second kappa shape index (κ2) is 6.94. The molecule has 1 aromatic carbocycles. The van der Waals surface area contributed by atoms with E-state index in [0.717, 1.165) is 11.3 Å². The lowest BCUT2D eigenvalue weighted by Gasteiger charge is -2.06. The van der Waals surface area contributed by atoms with Crippen molar-refractivity contribution in [3.05, 3.63) is 52.0 Å². The number of allylic oxidation sites excluding steroid dienone is 1. The number of anilines is 1. The molecule has 0 aliphatic rings. The predicted octanol–water partition coefficient (Wildman–Crippen LogP) is 1.38. The van der Waals surface area contributed by atoms with Gasteiger partial charge in [-0.25, -0.2) is 0 Å². The molecule has 0 aliphatic carbocycles. The first kappa shape index (κ1) is 15.1. The van der Waals surface area contributed by atoms with Crippen molar-refractivity contribution in [1.29, 1.82) is 5.26 Å². The number of rotatable bonds is 6. The molecule has 0 radical (unpaired) electrons. The van der Waals surface area contributed by atoms with Gasteiger partial charge in [0.05, 0.1) is 0 Å². The molecular weight excluding hydrogens is 286 g/mol. The Hall–Kier alpha value is -3.28. The van der Waals surface area contributed by atoms with Gasteiger partial charge in [0.2, 0.25) is 11.9 Å². The minimum Gasteiger partial charge on any atom is -0.360 e. The standard InChI is InChI=1S/C13H13N7O2/c1-9(20(21)22)6-10-2-4-12(5-3-10)15-8-11(7-14)13-16-18-19-17-13/h2-5,8-9,15H,6H2,1H3,(H,16,17,18,19). The van der Waals surface area contributed by atoms with Crippen molar-refractivity contribution in [2.45, 2.75) is 19.4 Å². The van der Waals surface area contributed by atoms with E-state index in [1.54, 1.807) is 31.2 Å². The molecule has 0 fully saturated rings. The fraction of sp³-hybridized carbons (Fsp3) is 0.231. The van der Waals surface area contributed by atoms with E-state index in [0.29, 0.717) is 6.42 Å². The Morgan fingerprint density at radius 2 is 2.27 bits per heavy atom. The van der Waals surface area contributed by atoms with E-state index in [4.69, 9.17) is 5.26 Å². The molecule has 1 aromatic heterocycles. The molecular formula is C13H13N7O2. The minimum atomic E-state index is -0.623. The van der Waals surface area contributed by atoms with Crippen LogP contribution in [0.25, 0.3) is 5.57 Å². The highest BCUT2D eigenvalue weighted by Crippen LogP contribution is 2.13. The maximum Gasteiger partial charge on any atom is 0.216 e. The fourth-order valence-electron chi connectivity index (χ4n) is 1.73. The quantitative estimate of drug-likeness (QED) is 0.467. The van der Waals surface area contributed by atoms with Crippen LogP contribution in [0.5, 0.6) is 0 Å². The number of benzene rings is 1. The van der Waals surface area contributed by atoms with Crippen LogP contribution in [0.1, 0.15) is 18.3 Å². The fourth-order valence-corrected chi connectivity index (χ4v) is 1.73. The highest BCUT2D eigenvalue weighted by Gasteiger charge is 2.13. The molecule has 2 aromatic rings. The second-order valence-electron chi connectivity index (χ2n) is 4.58. The van der Waals surface area contributed by atoms with Crippen molar-refractivity contribution in [1.82, 2.24) is 20.6 Å². The van der Waals surface area contributed by atoms with E-state index in [-0.39, 0.29) is 16.3 Å². The van der Waals surface area contributed by atoms with Crippen molar-refractivity contribution in [2.24, 2.45) is 0 Å². The first-order valence-corrected chi connectivity index (χ1v) is 6.43. The highest BCUT2D eigenvalue weighted by molar-refractivity contribution is 5.73. The topological polar surface area (TPSA) is 133 Å². The molecule has 9 nitrogen and oxygen atoms in total. The zero-order valence-electron chi connectivity index (χ0n) is 11.7. The predicted molar refractivity (Wildman–Crippen MR) is 78.0 cm³/mol. The van der Waals surface area contributed by atoms with Gasteiger partial charge in [-0.3, -0.25) is 10.1 Å². The van der Waals surface area contributed by atoms with Crippen LogP contribution in [0.4, 0.5) is 5.69 Å². The molecule has 9 heteroatoms. The van der Waals surface area contributed by atoms with E-state index in [9.17, 15) is 10.1 Å². The zero-order valence-corrected chi connectivity index (χ0v) is 11.7. The number of nitrogens with one attached hydrogen (secondary N) is 2. The summed E-state index contributed by atoms with van der Waals surface area (Å²) in [6.45, 7) is 1.57. The summed E-state index contributed by atoms with van der Waals surface area (Å²) in [6, 6.07) is 8.51. The molecule has 1 atom stereocenters. The van der Waals surface area contributed by atoms with Crippen LogP contribution in [0.15, 0.2) is 30.5 Å². The molecule has 2 rings (SSSR count). The van der Waals surface area contributed by atoms with Crippen LogP contribution < -0.4 is 5.32 Å². The number of aromatic amines is 1. The van der Waals surface area contributed by atoms with Gasteiger partial charge in [0.25, 0.3) is 0 Å². The van der Waals surface area contributed by atoms with Crippen LogP contribution in [0.2, 0.25) is 0 Å². The smallest absolute Gasteiger partial charge is 0.216 e. The van der Waals surface area contributed by atoms with Crippen LogP contribution >= 0.6 is 0 Å². The van der Waals surface area contributed by atoms with Crippen molar-refractivity contribution < 1.29 is 4.92 Å². The lowest BCUT2D eigenvalue weighted by Crippen LogP contribution is -2.17. The first-order chi connectivity index (χ1) is 10.6. The lowest BCUT2D eigenvalue weighted by molar-refractivity contribution is -0.517. The van der Waals surface area contributed by atoms with Crippen LogP contribution in [-0.2, 0) is 6.42 Å². The minimum absolute atomic E-state index is 0.200. The summed E-state index contributed by atoms with van der Waals surface area (Å²) in [5, 5.41) is 35.7. The molecule has 0 saturated heterocycles. The Morgan fingerprint density at radius 3 is 2.82 bits per heavy atom. The van der Waals surface area contributed by atoms with Crippen molar-refractivity contribution in [2.75, 3.05) is 5.32 Å². The van der Waals surface area contributed by atoms with E-state index >= 15 is 0 Å². The molecule has 1 unspecified atom stereocenters. The van der Waals surface area contributed by atoms with E-state index < -0.39 is 6.04 Å². The van der Waals surface area contributed by atoms with Gasteiger partial charge in [-0.1, -0.05) is 12.1 Å². The summed E-state index contributed by atoms with van der Waals surface area (Å²) in [5.41, 5.74) is 1.85. The third-order valence-corrected chi connectivity index (χ3v) is 2.93. The van der Waals surface area contributed by atoms with Gasteiger partial charge >= 0.3 is 0 Å². The summed E-state index contributed by atoms with van der Waals surface area (Å²) in [7, 11) is 0. The van der Waals surface area contributed by atoms with Gasteiger partial charge in [-0.15, -0.1) is 10.2 Å². The molecule has 22 heavy (non-hydrogen) atoms. The number of nitro groups is 1. The Morgan fingerprint density at radius 1 is 1.55 bits per heavy atom. The van der Waals surface area contributed by atoms with E-state index in [1.165, 1.54) is 6.20 Å². The van der Waals surface area contributed by atoms with Crippen molar-refractivity contribution in [3.63, 3.8) is 0 Å². The molecule has 0 aliphatic heterocycles. The number of aromatic nitrogens is 4. The maximum absolute atomic E-state index is 10.6. The van der Waals surface area contributed by atoms with Gasteiger partial charge in [0, 0.05) is 30.2 Å². The molecule has 1 heterocycles.